The minimum atomic E-state index is -4.11. The van der Waals surface area contributed by atoms with Crippen molar-refractivity contribution in [2.45, 2.75) is 56.2 Å². The molecular formula is C24H28F4N2O4S. The largest absolute Gasteiger partial charge is 0.368 e. The van der Waals surface area contributed by atoms with E-state index in [1.807, 2.05) is 4.72 Å². The number of amides is 1. The molecule has 11 heteroatoms. The van der Waals surface area contributed by atoms with Crippen LogP contribution >= 0.6 is 0 Å². The molecule has 2 fully saturated rings. The standard InChI is InChI=1S/C24H28F4N2O4S/c1-2-35(32,33)29-21-19(30(15-23(21,25)26)22(31)20-12-7-13-34-20)14-17-10-6-11-18(24(17,27)28)16-8-4-3-5-9-16/h3-6,8-11,17,19-21,29H,2,7,12-15H2,1H3/t17?,19-,20+,21+/m0/s1. The molecule has 3 aliphatic rings. The van der Waals surface area contributed by atoms with Crippen LogP contribution in [0, 0.1) is 5.92 Å². The number of carbonyl (C=O) groups is 1. The zero-order valence-electron chi connectivity index (χ0n) is 19.2. The van der Waals surface area contributed by atoms with E-state index >= 15 is 17.6 Å². The molecule has 6 nitrogen and oxygen atoms in total. The minimum Gasteiger partial charge on any atom is -0.368 e. The summed E-state index contributed by atoms with van der Waals surface area (Å²) in [5.41, 5.74) is 0.0252. The molecular weight excluding hydrogens is 488 g/mol. The van der Waals surface area contributed by atoms with Crippen LogP contribution in [0.15, 0.2) is 48.6 Å². The predicted molar refractivity (Wildman–Crippen MR) is 122 cm³/mol. The average Bonchev–Trinajstić information content (AvgIpc) is 3.43. The number of benzene rings is 1. The lowest BCUT2D eigenvalue weighted by Crippen LogP contribution is -2.54. The number of carbonyl (C=O) groups excluding carboxylic acids is 1. The second kappa shape index (κ2) is 9.67. The highest BCUT2D eigenvalue weighted by Gasteiger charge is 2.59. The molecule has 4 atom stereocenters. The Kier molecular flexibility index (Phi) is 7.14. The van der Waals surface area contributed by atoms with Gasteiger partial charge in [0.05, 0.1) is 18.3 Å². The van der Waals surface area contributed by atoms with E-state index in [2.05, 4.69) is 0 Å². The van der Waals surface area contributed by atoms with E-state index < -0.39 is 70.6 Å². The fourth-order valence-electron chi connectivity index (χ4n) is 4.92. The fourth-order valence-corrected chi connectivity index (χ4v) is 5.80. The van der Waals surface area contributed by atoms with Crippen molar-refractivity contribution < 1.29 is 35.5 Å². The molecule has 2 saturated heterocycles. The molecule has 0 bridgehead atoms. The van der Waals surface area contributed by atoms with Crippen molar-refractivity contribution >= 4 is 21.5 Å². The van der Waals surface area contributed by atoms with Crippen molar-refractivity contribution in [3.8, 4) is 0 Å². The van der Waals surface area contributed by atoms with Gasteiger partial charge in [-0.05, 0) is 31.7 Å². The molecule has 35 heavy (non-hydrogen) atoms. The SMILES string of the molecule is CCS(=O)(=O)N[C@@H]1[C@H](CC2C=CC=C(c3ccccc3)C2(F)F)N(C(=O)[C@H]2CCCO2)CC1(F)F. The van der Waals surface area contributed by atoms with Crippen LogP contribution in [-0.2, 0) is 19.6 Å². The predicted octanol–water partition coefficient (Wildman–Crippen LogP) is 3.61. The van der Waals surface area contributed by atoms with E-state index in [1.54, 1.807) is 18.2 Å². The summed E-state index contributed by atoms with van der Waals surface area (Å²) in [6.07, 6.45) is 3.35. The number of ether oxygens (including phenoxy) is 1. The number of nitrogens with zero attached hydrogens (tertiary/aromatic N) is 1. The van der Waals surface area contributed by atoms with E-state index in [0.29, 0.717) is 25.0 Å². The van der Waals surface area contributed by atoms with Gasteiger partial charge >= 0.3 is 0 Å². The number of likely N-dealkylation sites (tertiary alicyclic amines) is 1. The van der Waals surface area contributed by atoms with Gasteiger partial charge in [0.15, 0.2) is 0 Å². The second-order valence-electron chi connectivity index (χ2n) is 9.09. The summed E-state index contributed by atoms with van der Waals surface area (Å²) in [6, 6.07) is 4.48. The van der Waals surface area contributed by atoms with Gasteiger partial charge in [-0.3, -0.25) is 4.79 Å². The number of allylic oxidation sites excluding steroid dienone is 4. The highest BCUT2D eigenvalue weighted by Crippen LogP contribution is 2.46. The van der Waals surface area contributed by atoms with Crippen LogP contribution in [0.4, 0.5) is 17.6 Å². The molecule has 0 saturated carbocycles. The van der Waals surface area contributed by atoms with Crippen LogP contribution in [0.1, 0.15) is 31.7 Å². The van der Waals surface area contributed by atoms with Gasteiger partial charge in [-0.2, -0.15) is 0 Å². The van der Waals surface area contributed by atoms with Crippen LogP contribution in [-0.4, -0.2) is 68.2 Å². The van der Waals surface area contributed by atoms with E-state index in [1.165, 1.54) is 37.3 Å². The number of nitrogens with one attached hydrogen (secondary N) is 1. The molecule has 4 rings (SSSR count). The van der Waals surface area contributed by atoms with Crippen molar-refractivity contribution in [2.75, 3.05) is 18.9 Å². The topological polar surface area (TPSA) is 75.7 Å². The number of sulfonamides is 1. The van der Waals surface area contributed by atoms with Crippen LogP contribution in [0.25, 0.3) is 5.57 Å². The molecule has 192 valence electrons. The summed E-state index contributed by atoms with van der Waals surface area (Å²) in [4.78, 5) is 13.9. The molecule has 0 aromatic heterocycles. The molecule has 0 spiro atoms. The van der Waals surface area contributed by atoms with Gasteiger partial charge in [-0.25, -0.2) is 30.7 Å². The van der Waals surface area contributed by atoms with Crippen LogP contribution in [0.5, 0.6) is 0 Å². The second-order valence-corrected chi connectivity index (χ2v) is 11.1. The molecule has 2 heterocycles. The van der Waals surface area contributed by atoms with E-state index in [-0.39, 0.29) is 5.57 Å². The first-order valence-electron chi connectivity index (χ1n) is 11.6. The average molecular weight is 517 g/mol. The van der Waals surface area contributed by atoms with Gasteiger partial charge < -0.3 is 9.64 Å². The first kappa shape index (κ1) is 25.8. The van der Waals surface area contributed by atoms with Gasteiger partial charge in [0.2, 0.25) is 10.0 Å². The van der Waals surface area contributed by atoms with Crippen molar-refractivity contribution in [1.29, 1.82) is 0 Å². The Balaban J connectivity index is 1.67. The van der Waals surface area contributed by atoms with Crippen molar-refractivity contribution in [2.24, 2.45) is 5.92 Å². The van der Waals surface area contributed by atoms with Crippen LogP contribution in [0.2, 0.25) is 0 Å². The Morgan fingerprint density at radius 1 is 1.20 bits per heavy atom. The lowest BCUT2D eigenvalue weighted by Gasteiger charge is -2.36. The van der Waals surface area contributed by atoms with E-state index in [0.717, 1.165) is 4.90 Å². The molecule has 1 unspecified atom stereocenters. The normalized spacial score (nSPS) is 29.9. The highest BCUT2D eigenvalue weighted by atomic mass is 32.2. The Bertz CT molecular complexity index is 1100. The highest BCUT2D eigenvalue weighted by molar-refractivity contribution is 7.89. The summed E-state index contributed by atoms with van der Waals surface area (Å²) >= 11 is 0. The number of halogens is 4. The summed E-state index contributed by atoms with van der Waals surface area (Å²) < 4.78 is 93.4. The third-order valence-electron chi connectivity index (χ3n) is 6.81. The molecule has 2 aliphatic heterocycles. The monoisotopic (exact) mass is 516 g/mol. The zero-order valence-corrected chi connectivity index (χ0v) is 20.0. The van der Waals surface area contributed by atoms with Crippen molar-refractivity contribution in [3.63, 3.8) is 0 Å². The lowest BCUT2D eigenvalue weighted by atomic mass is 9.81. The van der Waals surface area contributed by atoms with Gasteiger partial charge in [0.25, 0.3) is 17.8 Å². The number of alkyl halides is 4. The Hall–Kier alpha value is -2.24. The van der Waals surface area contributed by atoms with Crippen molar-refractivity contribution in [3.05, 3.63) is 54.1 Å². The molecule has 0 radical (unpaired) electrons. The lowest BCUT2D eigenvalue weighted by molar-refractivity contribution is -0.143. The smallest absolute Gasteiger partial charge is 0.283 e. The zero-order chi connectivity index (χ0) is 25.4. The Morgan fingerprint density at radius 2 is 1.91 bits per heavy atom. The van der Waals surface area contributed by atoms with Crippen LogP contribution in [0.3, 0.4) is 0 Å². The first-order chi connectivity index (χ1) is 16.5. The third-order valence-corrected chi connectivity index (χ3v) is 8.18. The third kappa shape index (κ3) is 5.17. The molecule has 1 N–H and O–H groups in total. The quantitative estimate of drug-likeness (QED) is 0.562. The summed E-state index contributed by atoms with van der Waals surface area (Å²) in [6.45, 7) is 0.511. The first-order valence-corrected chi connectivity index (χ1v) is 13.2. The summed E-state index contributed by atoms with van der Waals surface area (Å²) in [5, 5.41) is 0. The van der Waals surface area contributed by atoms with E-state index in [9.17, 15) is 13.2 Å². The van der Waals surface area contributed by atoms with Crippen molar-refractivity contribution in [1.82, 2.24) is 9.62 Å². The number of rotatable bonds is 7. The van der Waals surface area contributed by atoms with E-state index in [4.69, 9.17) is 4.74 Å². The maximum atomic E-state index is 15.7. The summed E-state index contributed by atoms with van der Waals surface area (Å²) in [7, 11) is -4.11. The Morgan fingerprint density at radius 3 is 2.54 bits per heavy atom. The van der Waals surface area contributed by atoms with Gasteiger partial charge in [-0.1, -0.05) is 48.6 Å². The summed E-state index contributed by atoms with van der Waals surface area (Å²) in [5.74, 6) is -9.80. The molecule has 1 aliphatic carbocycles. The van der Waals surface area contributed by atoms with Gasteiger partial charge in [0, 0.05) is 18.1 Å². The fraction of sp³-hybridized carbons (Fsp3) is 0.542. The number of hydrogen-bond acceptors (Lipinski definition) is 4. The van der Waals surface area contributed by atoms with Gasteiger partial charge in [-0.15, -0.1) is 0 Å². The maximum absolute atomic E-state index is 15.7. The van der Waals surface area contributed by atoms with Crippen LogP contribution < -0.4 is 4.72 Å². The van der Waals surface area contributed by atoms with Gasteiger partial charge in [0.1, 0.15) is 12.1 Å². The maximum Gasteiger partial charge on any atom is 0.283 e. The number of hydrogen-bond donors (Lipinski definition) is 1. The molecule has 1 aromatic carbocycles. The molecule has 1 amide bonds. The molecule has 1 aromatic rings. The minimum absolute atomic E-state index is 0.266. The Labute approximate surface area is 202 Å².